The molecule has 1 N–H and O–H groups in total. The number of rotatable bonds is 2. The molecule has 0 aliphatic carbocycles. The van der Waals surface area contributed by atoms with E-state index in [1.807, 2.05) is 6.20 Å². The highest BCUT2D eigenvalue weighted by Gasteiger charge is 2.12. The van der Waals surface area contributed by atoms with Crippen LogP contribution in [0.5, 0.6) is 0 Å². The minimum absolute atomic E-state index is 0.791. The molecule has 3 aromatic heterocycles. The molecule has 0 radical (unpaired) electrons. The summed E-state index contributed by atoms with van der Waals surface area (Å²) in [5, 5.41) is 3.04. The summed E-state index contributed by atoms with van der Waals surface area (Å²) in [4.78, 5) is 16.5. The third kappa shape index (κ3) is 2.11. The normalized spacial score (nSPS) is 11.1. The van der Waals surface area contributed by atoms with E-state index in [-0.39, 0.29) is 0 Å². The van der Waals surface area contributed by atoms with Gasteiger partial charge in [-0.1, -0.05) is 23.8 Å². The molecule has 4 aromatic rings. The van der Waals surface area contributed by atoms with E-state index >= 15 is 0 Å². The molecule has 0 aliphatic heterocycles. The number of benzene rings is 1. The molecule has 0 fully saturated rings. The summed E-state index contributed by atoms with van der Waals surface area (Å²) >= 11 is 1.62. The third-order valence-corrected chi connectivity index (χ3v) is 4.23. The van der Waals surface area contributed by atoms with Crippen molar-refractivity contribution in [3.05, 3.63) is 53.8 Å². The van der Waals surface area contributed by atoms with Gasteiger partial charge in [-0.3, -0.25) is 4.98 Å². The van der Waals surface area contributed by atoms with Crippen LogP contribution in [0.2, 0.25) is 0 Å². The fourth-order valence-electron chi connectivity index (χ4n) is 2.35. The number of nitrogens with zero attached hydrogens (tertiary/aromatic N) is 3. The zero-order chi connectivity index (χ0) is 14.2. The van der Waals surface area contributed by atoms with Gasteiger partial charge in [0.1, 0.15) is 10.5 Å². The second kappa shape index (κ2) is 4.79. The van der Waals surface area contributed by atoms with E-state index < -0.39 is 0 Å². The van der Waals surface area contributed by atoms with Crippen molar-refractivity contribution in [1.29, 1.82) is 0 Å². The number of nitrogens with one attached hydrogen (secondary N) is 1. The largest absolute Gasteiger partial charge is 0.344 e. The van der Waals surface area contributed by atoms with E-state index in [0.29, 0.717) is 0 Å². The van der Waals surface area contributed by atoms with E-state index in [9.17, 15) is 0 Å². The van der Waals surface area contributed by atoms with Crippen LogP contribution in [0.15, 0.2) is 48.2 Å². The minimum atomic E-state index is 0.791. The van der Waals surface area contributed by atoms with Crippen molar-refractivity contribution in [2.75, 3.05) is 0 Å². The van der Waals surface area contributed by atoms with Crippen molar-refractivity contribution in [2.24, 2.45) is 0 Å². The lowest BCUT2D eigenvalue weighted by molar-refractivity contribution is 1.26. The number of aromatic amines is 1. The number of fused-ring (bicyclic) bond motifs is 1. The molecule has 0 saturated carbocycles. The fourth-order valence-corrected chi connectivity index (χ4v) is 3.19. The highest BCUT2D eigenvalue weighted by Crippen LogP contribution is 2.32. The molecule has 0 aliphatic rings. The Kier molecular flexibility index (Phi) is 2.79. The first kappa shape index (κ1) is 12.2. The Bertz CT molecular complexity index is 923. The van der Waals surface area contributed by atoms with Crippen LogP contribution < -0.4 is 0 Å². The van der Waals surface area contributed by atoms with E-state index in [1.165, 1.54) is 5.56 Å². The van der Waals surface area contributed by atoms with Crippen LogP contribution in [-0.4, -0.2) is 19.9 Å². The number of hydrogen-bond donors (Lipinski definition) is 1. The van der Waals surface area contributed by atoms with Gasteiger partial charge >= 0.3 is 0 Å². The van der Waals surface area contributed by atoms with Gasteiger partial charge in [0.05, 0.1) is 11.3 Å². The van der Waals surface area contributed by atoms with Crippen LogP contribution in [-0.2, 0) is 0 Å². The maximum atomic E-state index is 4.74. The zero-order valence-electron chi connectivity index (χ0n) is 11.4. The van der Waals surface area contributed by atoms with Gasteiger partial charge in [-0.15, -0.1) is 11.3 Å². The summed E-state index contributed by atoms with van der Waals surface area (Å²) in [6, 6.07) is 8.38. The van der Waals surface area contributed by atoms with Gasteiger partial charge in [0, 0.05) is 29.5 Å². The highest BCUT2D eigenvalue weighted by molar-refractivity contribution is 7.13. The predicted molar refractivity (Wildman–Crippen MR) is 85.2 cm³/mol. The Morgan fingerprint density at radius 2 is 2.05 bits per heavy atom. The van der Waals surface area contributed by atoms with Crippen LogP contribution in [0, 0.1) is 6.92 Å². The van der Waals surface area contributed by atoms with Crippen molar-refractivity contribution in [3.8, 4) is 21.8 Å². The molecule has 0 amide bonds. The number of thiazole rings is 1. The summed E-state index contributed by atoms with van der Waals surface area (Å²) < 4.78 is 0. The van der Waals surface area contributed by atoms with E-state index in [1.54, 1.807) is 23.7 Å². The molecule has 5 heteroatoms. The lowest BCUT2D eigenvalue weighted by Crippen LogP contribution is -1.82. The van der Waals surface area contributed by atoms with Gasteiger partial charge < -0.3 is 4.98 Å². The summed E-state index contributed by atoms with van der Waals surface area (Å²) in [7, 11) is 0. The molecule has 102 valence electrons. The molecule has 0 unspecified atom stereocenters. The number of aryl methyl sites for hydroxylation is 1. The first-order valence-corrected chi connectivity index (χ1v) is 7.50. The number of hydrogen-bond acceptors (Lipinski definition) is 4. The molecule has 4 rings (SSSR count). The average Bonchev–Trinajstić information content (AvgIpc) is 3.14. The van der Waals surface area contributed by atoms with Crippen LogP contribution in [0.1, 0.15) is 5.56 Å². The van der Waals surface area contributed by atoms with Crippen molar-refractivity contribution >= 4 is 22.5 Å². The Morgan fingerprint density at radius 1 is 1.14 bits per heavy atom. The molecule has 1 aromatic carbocycles. The molecule has 4 nitrogen and oxygen atoms in total. The van der Waals surface area contributed by atoms with Gasteiger partial charge in [0.2, 0.25) is 0 Å². The molecular weight excluding hydrogens is 280 g/mol. The second-order valence-corrected chi connectivity index (χ2v) is 5.72. The summed E-state index contributed by atoms with van der Waals surface area (Å²) in [5.74, 6) is 0. The lowest BCUT2D eigenvalue weighted by atomic mass is 10.1. The standard InChI is InChI=1S/C16H12N4S/c1-10-3-2-4-11(7-10)13-9-21-16(20-13)12-8-19-15-14(12)17-5-6-18-15/h2-9H,1H3,(H,18,19). The van der Waals surface area contributed by atoms with Gasteiger partial charge in [-0.05, 0) is 13.0 Å². The average molecular weight is 292 g/mol. The molecule has 0 atom stereocenters. The van der Waals surface area contributed by atoms with E-state index in [4.69, 9.17) is 4.98 Å². The lowest BCUT2D eigenvalue weighted by Gasteiger charge is -1.97. The SMILES string of the molecule is Cc1cccc(-c2csc(-c3c[nH]c4nccnc34)n2)c1. The molecule has 0 saturated heterocycles. The van der Waals surface area contributed by atoms with Crippen LogP contribution in [0.3, 0.4) is 0 Å². The number of H-pyrrole nitrogens is 1. The van der Waals surface area contributed by atoms with Crippen molar-refractivity contribution in [1.82, 2.24) is 19.9 Å². The maximum Gasteiger partial charge on any atom is 0.156 e. The molecule has 3 heterocycles. The van der Waals surface area contributed by atoms with Gasteiger partial charge in [-0.25, -0.2) is 9.97 Å². The topological polar surface area (TPSA) is 54.5 Å². The monoisotopic (exact) mass is 292 g/mol. The Hall–Kier alpha value is -2.53. The second-order valence-electron chi connectivity index (χ2n) is 4.86. The van der Waals surface area contributed by atoms with Gasteiger partial charge in [0.15, 0.2) is 5.65 Å². The number of aromatic nitrogens is 4. The van der Waals surface area contributed by atoms with Crippen LogP contribution in [0.4, 0.5) is 0 Å². The molecule has 21 heavy (non-hydrogen) atoms. The first-order valence-electron chi connectivity index (χ1n) is 6.62. The summed E-state index contributed by atoms with van der Waals surface area (Å²) in [5.41, 5.74) is 6.03. The maximum absolute atomic E-state index is 4.74. The fraction of sp³-hybridized carbons (Fsp3) is 0.0625. The van der Waals surface area contributed by atoms with Gasteiger partial charge in [0.25, 0.3) is 0 Å². The molecular formula is C16H12N4S. The van der Waals surface area contributed by atoms with Gasteiger partial charge in [-0.2, -0.15) is 0 Å². The smallest absolute Gasteiger partial charge is 0.156 e. The Morgan fingerprint density at radius 3 is 2.95 bits per heavy atom. The molecule has 0 spiro atoms. The first-order chi connectivity index (χ1) is 10.3. The van der Waals surface area contributed by atoms with E-state index in [0.717, 1.165) is 33.0 Å². The Labute approximate surface area is 125 Å². The predicted octanol–water partition coefficient (Wildman–Crippen LogP) is 4.06. The van der Waals surface area contributed by atoms with Crippen molar-refractivity contribution in [2.45, 2.75) is 6.92 Å². The summed E-state index contributed by atoms with van der Waals surface area (Å²) in [6.07, 6.45) is 5.31. The quantitative estimate of drug-likeness (QED) is 0.606. The minimum Gasteiger partial charge on any atom is -0.344 e. The highest BCUT2D eigenvalue weighted by atomic mass is 32.1. The zero-order valence-corrected chi connectivity index (χ0v) is 12.2. The van der Waals surface area contributed by atoms with Crippen molar-refractivity contribution in [3.63, 3.8) is 0 Å². The molecule has 0 bridgehead atoms. The van der Waals surface area contributed by atoms with E-state index in [2.05, 4.69) is 51.5 Å². The third-order valence-electron chi connectivity index (χ3n) is 3.36. The Balaban J connectivity index is 1.81. The van der Waals surface area contributed by atoms with Crippen molar-refractivity contribution < 1.29 is 0 Å². The van der Waals surface area contributed by atoms with Crippen LogP contribution in [0.25, 0.3) is 33.0 Å². The van der Waals surface area contributed by atoms with Crippen LogP contribution >= 0.6 is 11.3 Å². The summed E-state index contributed by atoms with van der Waals surface area (Å²) in [6.45, 7) is 2.09.